The van der Waals surface area contributed by atoms with E-state index in [2.05, 4.69) is 17.6 Å². The SMILES string of the molecule is CC1(C(=O)NC2CCCCC2CO)CCNCC1. The highest BCUT2D eigenvalue weighted by Crippen LogP contribution is 2.30. The van der Waals surface area contributed by atoms with Gasteiger partial charge in [-0.1, -0.05) is 19.8 Å². The maximum absolute atomic E-state index is 12.4. The summed E-state index contributed by atoms with van der Waals surface area (Å²) in [5, 5.41) is 15.9. The zero-order valence-electron chi connectivity index (χ0n) is 11.4. The van der Waals surface area contributed by atoms with Crippen molar-refractivity contribution in [3.8, 4) is 0 Å². The van der Waals surface area contributed by atoms with Crippen LogP contribution in [0.2, 0.25) is 0 Å². The fourth-order valence-corrected chi connectivity index (χ4v) is 3.16. The lowest BCUT2D eigenvalue weighted by Gasteiger charge is -2.37. The molecule has 1 saturated carbocycles. The summed E-state index contributed by atoms with van der Waals surface area (Å²) in [5.41, 5.74) is -0.220. The quantitative estimate of drug-likeness (QED) is 0.705. The monoisotopic (exact) mass is 254 g/mol. The van der Waals surface area contributed by atoms with Crippen molar-refractivity contribution in [3.05, 3.63) is 0 Å². The average molecular weight is 254 g/mol. The Morgan fingerprint density at radius 3 is 2.67 bits per heavy atom. The van der Waals surface area contributed by atoms with Crippen LogP contribution in [0.25, 0.3) is 0 Å². The summed E-state index contributed by atoms with van der Waals surface area (Å²) >= 11 is 0. The predicted molar refractivity (Wildman–Crippen MR) is 71.2 cm³/mol. The van der Waals surface area contributed by atoms with Crippen LogP contribution in [0.5, 0.6) is 0 Å². The van der Waals surface area contributed by atoms with Crippen LogP contribution < -0.4 is 10.6 Å². The molecule has 18 heavy (non-hydrogen) atoms. The first-order valence-corrected chi connectivity index (χ1v) is 7.28. The largest absolute Gasteiger partial charge is 0.396 e. The molecule has 1 aliphatic carbocycles. The van der Waals surface area contributed by atoms with Gasteiger partial charge in [-0.15, -0.1) is 0 Å². The van der Waals surface area contributed by atoms with Gasteiger partial charge in [0.25, 0.3) is 0 Å². The van der Waals surface area contributed by atoms with Gasteiger partial charge in [0.05, 0.1) is 0 Å². The normalized spacial score (nSPS) is 31.9. The van der Waals surface area contributed by atoms with Gasteiger partial charge in [0, 0.05) is 24.0 Å². The van der Waals surface area contributed by atoms with Gasteiger partial charge in [-0.3, -0.25) is 4.79 Å². The van der Waals surface area contributed by atoms with Crippen molar-refractivity contribution in [2.75, 3.05) is 19.7 Å². The van der Waals surface area contributed by atoms with E-state index in [0.717, 1.165) is 38.8 Å². The molecular weight excluding hydrogens is 228 g/mol. The Morgan fingerprint density at radius 1 is 1.33 bits per heavy atom. The second kappa shape index (κ2) is 6.02. The van der Waals surface area contributed by atoms with Crippen molar-refractivity contribution >= 4 is 5.91 Å². The predicted octanol–water partition coefficient (Wildman–Crippen LogP) is 1.04. The second-order valence-electron chi connectivity index (χ2n) is 6.12. The van der Waals surface area contributed by atoms with E-state index in [1.54, 1.807) is 0 Å². The topological polar surface area (TPSA) is 61.4 Å². The number of amides is 1. The van der Waals surface area contributed by atoms with E-state index in [1.807, 2.05) is 0 Å². The number of rotatable bonds is 3. The minimum absolute atomic E-state index is 0.183. The summed E-state index contributed by atoms with van der Waals surface area (Å²) in [7, 11) is 0. The van der Waals surface area contributed by atoms with E-state index in [4.69, 9.17) is 0 Å². The molecule has 0 aromatic rings. The standard InChI is InChI=1S/C14H26N2O2/c1-14(6-8-15-9-7-14)13(18)16-12-5-3-2-4-11(12)10-17/h11-12,15,17H,2-10H2,1H3,(H,16,18). The molecular formula is C14H26N2O2. The van der Waals surface area contributed by atoms with Crippen LogP contribution in [-0.2, 0) is 4.79 Å². The van der Waals surface area contributed by atoms with Gasteiger partial charge in [-0.25, -0.2) is 0 Å². The molecule has 4 nitrogen and oxygen atoms in total. The van der Waals surface area contributed by atoms with Crippen LogP contribution in [0, 0.1) is 11.3 Å². The molecule has 2 rings (SSSR count). The van der Waals surface area contributed by atoms with Crippen molar-refractivity contribution in [2.45, 2.75) is 51.5 Å². The van der Waals surface area contributed by atoms with E-state index in [1.165, 1.54) is 12.8 Å². The zero-order valence-corrected chi connectivity index (χ0v) is 11.4. The molecule has 1 aliphatic heterocycles. The molecule has 2 fully saturated rings. The van der Waals surface area contributed by atoms with Gasteiger partial charge in [-0.2, -0.15) is 0 Å². The number of hydrogen-bond acceptors (Lipinski definition) is 3. The number of nitrogens with one attached hydrogen (secondary N) is 2. The molecule has 104 valence electrons. The third-order valence-corrected chi connectivity index (χ3v) is 4.72. The van der Waals surface area contributed by atoms with Gasteiger partial charge in [0.1, 0.15) is 0 Å². The van der Waals surface area contributed by atoms with E-state index in [0.29, 0.717) is 0 Å². The van der Waals surface area contributed by atoms with E-state index >= 15 is 0 Å². The summed E-state index contributed by atoms with van der Waals surface area (Å²) in [6.45, 7) is 4.12. The van der Waals surface area contributed by atoms with Crippen molar-refractivity contribution in [3.63, 3.8) is 0 Å². The van der Waals surface area contributed by atoms with Gasteiger partial charge < -0.3 is 15.7 Å². The summed E-state index contributed by atoms with van der Waals surface area (Å²) in [5.74, 6) is 0.447. The fraction of sp³-hybridized carbons (Fsp3) is 0.929. The number of carbonyl (C=O) groups excluding carboxylic acids is 1. The van der Waals surface area contributed by atoms with Crippen LogP contribution in [0.15, 0.2) is 0 Å². The highest BCUT2D eigenvalue weighted by molar-refractivity contribution is 5.82. The maximum Gasteiger partial charge on any atom is 0.226 e. The Labute approximate surface area is 110 Å². The minimum atomic E-state index is -0.220. The van der Waals surface area contributed by atoms with Gasteiger partial charge in [0.2, 0.25) is 5.91 Å². The van der Waals surface area contributed by atoms with E-state index in [-0.39, 0.29) is 29.9 Å². The molecule has 0 aromatic heterocycles. The molecule has 2 aliphatic rings. The van der Waals surface area contributed by atoms with Crippen molar-refractivity contribution < 1.29 is 9.90 Å². The molecule has 0 spiro atoms. The van der Waals surface area contributed by atoms with Crippen LogP contribution in [-0.4, -0.2) is 36.8 Å². The van der Waals surface area contributed by atoms with Crippen molar-refractivity contribution in [1.29, 1.82) is 0 Å². The number of piperidine rings is 1. The van der Waals surface area contributed by atoms with E-state index in [9.17, 15) is 9.90 Å². The number of hydrogen-bond donors (Lipinski definition) is 3. The Hall–Kier alpha value is -0.610. The smallest absolute Gasteiger partial charge is 0.226 e. The molecule has 4 heteroatoms. The highest BCUT2D eigenvalue weighted by Gasteiger charge is 2.37. The van der Waals surface area contributed by atoms with Crippen LogP contribution in [0.4, 0.5) is 0 Å². The minimum Gasteiger partial charge on any atom is -0.396 e. The summed E-state index contributed by atoms with van der Waals surface area (Å²) in [4.78, 5) is 12.4. The van der Waals surface area contributed by atoms with Gasteiger partial charge >= 0.3 is 0 Å². The molecule has 2 atom stereocenters. The van der Waals surface area contributed by atoms with E-state index < -0.39 is 0 Å². The molecule has 1 heterocycles. The molecule has 2 unspecified atom stereocenters. The average Bonchev–Trinajstić information content (AvgIpc) is 2.40. The maximum atomic E-state index is 12.4. The molecule has 3 N–H and O–H groups in total. The van der Waals surface area contributed by atoms with Gasteiger partial charge in [0.15, 0.2) is 0 Å². The molecule has 1 amide bonds. The third-order valence-electron chi connectivity index (χ3n) is 4.72. The van der Waals surface area contributed by atoms with Crippen LogP contribution in [0.1, 0.15) is 45.4 Å². The number of aliphatic hydroxyl groups is 1. The summed E-state index contributed by atoms with van der Waals surface area (Å²) in [6, 6.07) is 0.183. The lowest BCUT2D eigenvalue weighted by molar-refractivity contribution is -0.133. The Kier molecular flexibility index (Phi) is 4.62. The van der Waals surface area contributed by atoms with Crippen LogP contribution in [0.3, 0.4) is 0 Å². The number of aliphatic hydroxyl groups excluding tert-OH is 1. The first kappa shape index (κ1) is 13.8. The zero-order chi connectivity index (χ0) is 13.0. The lowest BCUT2D eigenvalue weighted by atomic mass is 9.78. The lowest BCUT2D eigenvalue weighted by Crippen LogP contribution is -2.51. The molecule has 0 radical (unpaired) electrons. The molecule has 0 bridgehead atoms. The van der Waals surface area contributed by atoms with Crippen molar-refractivity contribution in [1.82, 2.24) is 10.6 Å². The second-order valence-corrected chi connectivity index (χ2v) is 6.12. The van der Waals surface area contributed by atoms with Crippen LogP contribution >= 0.6 is 0 Å². The Morgan fingerprint density at radius 2 is 2.00 bits per heavy atom. The molecule has 0 aromatic carbocycles. The Balaban J connectivity index is 1.92. The molecule has 1 saturated heterocycles. The first-order valence-electron chi connectivity index (χ1n) is 7.28. The fourth-order valence-electron chi connectivity index (χ4n) is 3.16. The third kappa shape index (κ3) is 3.04. The Bertz CT molecular complexity index is 288. The highest BCUT2D eigenvalue weighted by atomic mass is 16.3. The number of carbonyl (C=O) groups is 1. The summed E-state index contributed by atoms with van der Waals surface area (Å²) in [6.07, 6.45) is 6.23. The summed E-state index contributed by atoms with van der Waals surface area (Å²) < 4.78 is 0. The first-order chi connectivity index (χ1) is 8.65. The van der Waals surface area contributed by atoms with Gasteiger partial charge in [-0.05, 0) is 38.8 Å². The van der Waals surface area contributed by atoms with Crippen molar-refractivity contribution in [2.24, 2.45) is 11.3 Å².